The predicted octanol–water partition coefficient (Wildman–Crippen LogP) is 3.43. The summed E-state index contributed by atoms with van der Waals surface area (Å²) in [6, 6.07) is 16.7. The van der Waals surface area contributed by atoms with E-state index < -0.39 is 12.2 Å². The lowest BCUT2D eigenvalue weighted by molar-refractivity contribution is 0.000929. The zero-order valence-corrected chi connectivity index (χ0v) is 12.2. The monoisotopic (exact) mass is 302 g/mol. The van der Waals surface area contributed by atoms with Gasteiger partial charge >= 0.3 is 0 Å². The Morgan fingerprint density at radius 2 is 1.35 bits per heavy atom. The van der Waals surface area contributed by atoms with E-state index in [1.807, 2.05) is 12.1 Å². The number of fused-ring (bicyclic) bond motifs is 5. The van der Waals surface area contributed by atoms with Gasteiger partial charge in [-0.25, -0.2) is 0 Å². The molecule has 0 radical (unpaired) electrons. The second-order valence-electron chi connectivity index (χ2n) is 6.66. The Morgan fingerprint density at radius 1 is 0.739 bits per heavy atom. The van der Waals surface area contributed by atoms with E-state index in [2.05, 4.69) is 36.4 Å². The van der Waals surface area contributed by atoms with E-state index in [4.69, 9.17) is 4.74 Å². The molecule has 6 rings (SSSR count). The molecule has 4 aromatic rings. The molecule has 1 saturated heterocycles. The Labute approximate surface area is 132 Å². The van der Waals surface area contributed by atoms with Crippen LogP contribution in [0.2, 0.25) is 0 Å². The first-order chi connectivity index (χ1) is 11.3. The highest BCUT2D eigenvalue weighted by Crippen LogP contribution is 2.56. The molecule has 2 unspecified atom stereocenters. The SMILES string of the molecule is OC1c2c(c3cccc4ccc5cccc2c5c43)C2O[C@H]2[C@@H]1O. The largest absolute Gasteiger partial charge is 0.387 e. The zero-order chi connectivity index (χ0) is 15.3. The number of aliphatic hydroxyl groups excluding tert-OH is 2. The van der Waals surface area contributed by atoms with Crippen molar-refractivity contribution in [3.8, 4) is 0 Å². The second-order valence-corrected chi connectivity index (χ2v) is 6.66. The minimum absolute atomic E-state index is 0.0994. The van der Waals surface area contributed by atoms with Crippen LogP contribution >= 0.6 is 0 Å². The van der Waals surface area contributed by atoms with Gasteiger partial charge in [0.1, 0.15) is 24.4 Å². The van der Waals surface area contributed by atoms with Crippen molar-refractivity contribution in [2.75, 3.05) is 0 Å². The number of epoxide rings is 1. The molecule has 1 aliphatic carbocycles. The molecule has 0 saturated carbocycles. The lowest BCUT2D eigenvalue weighted by atomic mass is 9.79. The number of aliphatic hydroxyl groups is 2. The highest BCUT2D eigenvalue weighted by atomic mass is 16.6. The van der Waals surface area contributed by atoms with Crippen LogP contribution in [0.4, 0.5) is 0 Å². The summed E-state index contributed by atoms with van der Waals surface area (Å²) in [4.78, 5) is 0. The van der Waals surface area contributed by atoms with Crippen molar-refractivity contribution in [2.24, 2.45) is 0 Å². The number of ether oxygens (including phenoxy) is 1. The number of rotatable bonds is 0. The fourth-order valence-corrected chi connectivity index (χ4v) is 4.49. The molecule has 1 aliphatic heterocycles. The van der Waals surface area contributed by atoms with Crippen molar-refractivity contribution in [1.82, 2.24) is 0 Å². The molecule has 1 heterocycles. The van der Waals surface area contributed by atoms with E-state index in [1.165, 1.54) is 16.2 Å². The van der Waals surface area contributed by atoms with Crippen molar-refractivity contribution in [1.29, 1.82) is 0 Å². The van der Waals surface area contributed by atoms with Crippen LogP contribution in [-0.2, 0) is 4.74 Å². The predicted molar refractivity (Wildman–Crippen MR) is 88.7 cm³/mol. The molecule has 2 aliphatic rings. The van der Waals surface area contributed by atoms with Gasteiger partial charge in [-0.3, -0.25) is 0 Å². The minimum atomic E-state index is -0.900. The standard InChI is InChI=1S/C20H14O3/c21-17-15-11-5-1-3-9-7-8-10-4-2-6-12(14(10)13(9)11)16(15)19-20(23-19)18(17)22/h1-8,17-22H/t17?,18-,19?,20+/m1/s1. The molecule has 0 aromatic heterocycles. The fourth-order valence-electron chi connectivity index (χ4n) is 4.49. The highest BCUT2D eigenvalue weighted by Gasteiger charge is 2.55. The molecule has 112 valence electrons. The third kappa shape index (κ3) is 1.33. The van der Waals surface area contributed by atoms with Crippen LogP contribution < -0.4 is 0 Å². The van der Waals surface area contributed by atoms with Gasteiger partial charge in [0.2, 0.25) is 0 Å². The van der Waals surface area contributed by atoms with Gasteiger partial charge in [0, 0.05) is 0 Å². The van der Waals surface area contributed by atoms with Crippen LogP contribution in [0.5, 0.6) is 0 Å². The Bertz CT molecular complexity index is 1100. The van der Waals surface area contributed by atoms with Crippen LogP contribution in [0.25, 0.3) is 32.3 Å². The Balaban J connectivity index is 1.95. The highest BCUT2D eigenvalue weighted by molar-refractivity contribution is 6.25. The smallest absolute Gasteiger partial charge is 0.118 e. The maximum Gasteiger partial charge on any atom is 0.118 e. The summed E-state index contributed by atoms with van der Waals surface area (Å²) in [7, 11) is 0. The summed E-state index contributed by atoms with van der Waals surface area (Å²) in [6.45, 7) is 0. The lowest BCUT2D eigenvalue weighted by Crippen LogP contribution is -2.29. The van der Waals surface area contributed by atoms with Crippen LogP contribution in [-0.4, -0.2) is 22.4 Å². The zero-order valence-electron chi connectivity index (χ0n) is 12.2. The third-order valence-electron chi connectivity index (χ3n) is 5.52. The fraction of sp³-hybridized carbons (Fsp3) is 0.200. The van der Waals surface area contributed by atoms with Crippen molar-refractivity contribution in [2.45, 2.75) is 24.4 Å². The van der Waals surface area contributed by atoms with Gasteiger partial charge in [-0.1, -0.05) is 48.5 Å². The second kappa shape index (κ2) is 3.82. The average molecular weight is 302 g/mol. The van der Waals surface area contributed by atoms with Gasteiger partial charge in [-0.15, -0.1) is 0 Å². The van der Waals surface area contributed by atoms with E-state index in [0.29, 0.717) is 0 Å². The third-order valence-corrected chi connectivity index (χ3v) is 5.52. The van der Waals surface area contributed by atoms with Gasteiger partial charge in [-0.2, -0.15) is 0 Å². The Hall–Kier alpha value is -2.20. The first-order valence-electron chi connectivity index (χ1n) is 7.96. The molecular weight excluding hydrogens is 288 g/mol. The van der Waals surface area contributed by atoms with E-state index in [9.17, 15) is 10.2 Å². The van der Waals surface area contributed by atoms with Crippen LogP contribution in [0, 0.1) is 0 Å². The minimum Gasteiger partial charge on any atom is -0.387 e. The molecule has 0 amide bonds. The molecule has 23 heavy (non-hydrogen) atoms. The summed E-state index contributed by atoms with van der Waals surface area (Å²) in [5.41, 5.74) is 1.90. The topological polar surface area (TPSA) is 53.0 Å². The van der Waals surface area contributed by atoms with Crippen LogP contribution in [0.15, 0.2) is 48.5 Å². The maximum absolute atomic E-state index is 10.7. The van der Waals surface area contributed by atoms with Gasteiger partial charge in [-0.05, 0) is 43.4 Å². The van der Waals surface area contributed by atoms with Crippen molar-refractivity contribution < 1.29 is 14.9 Å². The van der Waals surface area contributed by atoms with Crippen molar-refractivity contribution >= 4 is 32.3 Å². The lowest BCUT2D eigenvalue weighted by Gasteiger charge is -2.27. The molecule has 0 spiro atoms. The molecule has 1 fully saturated rings. The first-order valence-corrected chi connectivity index (χ1v) is 7.96. The molecule has 3 nitrogen and oxygen atoms in total. The average Bonchev–Trinajstić information content (AvgIpc) is 3.38. The van der Waals surface area contributed by atoms with Gasteiger partial charge in [0.15, 0.2) is 0 Å². The van der Waals surface area contributed by atoms with Gasteiger partial charge in [0.05, 0.1) is 0 Å². The summed E-state index contributed by atoms with van der Waals surface area (Å²) < 4.78 is 5.70. The maximum atomic E-state index is 10.7. The normalized spacial score (nSPS) is 29.1. The number of hydrogen-bond donors (Lipinski definition) is 2. The molecule has 4 aromatic carbocycles. The van der Waals surface area contributed by atoms with Crippen LogP contribution in [0.3, 0.4) is 0 Å². The Morgan fingerprint density at radius 3 is 2.00 bits per heavy atom. The molecule has 2 N–H and O–H groups in total. The van der Waals surface area contributed by atoms with Crippen molar-refractivity contribution in [3.05, 3.63) is 59.7 Å². The van der Waals surface area contributed by atoms with E-state index in [-0.39, 0.29) is 12.2 Å². The van der Waals surface area contributed by atoms with E-state index >= 15 is 0 Å². The molecule has 3 heteroatoms. The molecule has 4 atom stereocenters. The van der Waals surface area contributed by atoms with E-state index in [0.717, 1.165) is 27.3 Å². The summed E-state index contributed by atoms with van der Waals surface area (Å²) in [5.74, 6) is 0. The van der Waals surface area contributed by atoms with Crippen LogP contribution in [0.1, 0.15) is 23.3 Å². The van der Waals surface area contributed by atoms with Crippen molar-refractivity contribution in [3.63, 3.8) is 0 Å². The Kier molecular flexibility index (Phi) is 2.03. The summed E-state index contributed by atoms with van der Waals surface area (Å²) in [6.07, 6.45) is -2.12. The number of benzene rings is 4. The number of hydrogen-bond acceptors (Lipinski definition) is 3. The van der Waals surface area contributed by atoms with Gasteiger partial charge < -0.3 is 14.9 Å². The molecule has 0 bridgehead atoms. The summed E-state index contributed by atoms with van der Waals surface area (Å²) in [5, 5.41) is 28.0. The summed E-state index contributed by atoms with van der Waals surface area (Å²) >= 11 is 0. The first kappa shape index (κ1) is 12.3. The van der Waals surface area contributed by atoms with Gasteiger partial charge in [0.25, 0.3) is 0 Å². The quantitative estimate of drug-likeness (QED) is 0.386. The van der Waals surface area contributed by atoms with E-state index in [1.54, 1.807) is 0 Å². The molecular formula is C20H14O3.